The summed E-state index contributed by atoms with van der Waals surface area (Å²) in [7, 11) is 0. The first-order valence-corrected chi connectivity index (χ1v) is 20.4. The highest BCUT2D eigenvalue weighted by Crippen LogP contribution is 2.44. The molecule has 13 heteroatoms. The van der Waals surface area contributed by atoms with Crippen molar-refractivity contribution < 1.29 is 14.3 Å². The van der Waals surface area contributed by atoms with Crippen molar-refractivity contribution in [3.05, 3.63) is 41.0 Å². The Labute approximate surface area is 318 Å². The Morgan fingerprint density at radius 1 is 0.885 bits per heavy atom. The fourth-order valence-corrected chi connectivity index (χ4v) is 7.23. The summed E-state index contributed by atoms with van der Waals surface area (Å²) in [4.78, 5) is 32.2. The molecule has 2 atom stereocenters. The molecule has 1 aromatic carbocycles. The maximum absolute atomic E-state index is 12.6. The van der Waals surface area contributed by atoms with E-state index in [0.717, 1.165) is 31.1 Å². The average molecular weight is 749 g/mol. The number of benzene rings is 1. The third kappa shape index (κ3) is 12.9. The number of amides is 1. The molecule has 282 valence electrons. The minimum atomic E-state index is -0.382. The van der Waals surface area contributed by atoms with Crippen LogP contribution in [0.25, 0.3) is 0 Å². The van der Waals surface area contributed by atoms with Gasteiger partial charge in [-0.2, -0.15) is 5.26 Å². The van der Waals surface area contributed by atoms with E-state index in [9.17, 15) is 14.9 Å². The molecule has 0 aliphatic carbocycles. The van der Waals surface area contributed by atoms with Gasteiger partial charge in [-0.3, -0.25) is 4.79 Å². The van der Waals surface area contributed by atoms with Crippen LogP contribution in [0.3, 0.4) is 0 Å². The predicted molar refractivity (Wildman–Crippen MR) is 214 cm³/mol. The van der Waals surface area contributed by atoms with Crippen molar-refractivity contribution >= 4 is 66.2 Å². The first-order valence-electron chi connectivity index (χ1n) is 18.8. The van der Waals surface area contributed by atoms with Crippen molar-refractivity contribution in [2.75, 3.05) is 29.9 Å². The number of thiophene rings is 1. The van der Waals surface area contributed by atoms with E-state index in [1.54, 1.807) is 38.1 Å². The minimum Gasteiger partial charge on any atom is -0.462 e. The number of nitriles is 1. The van der Waals surface area contributed by atoms with Crippen molar-refractivity contribution in [1.82, 2.24) is 4.98 Å². The molecule has 0 spiro atoms. The summed E-state index contributed by atoms with van der Waals surface area (Å²) in [6.07, 6.45) is 9.53. The number of carbonyl (C=O) groups excluding carboxylic acids is 2. The second-order valence-corrected chi connectivity index (χ2v) is 15.5. The van der Waals surface area contributed by atoms with Gasteiger partial charge >= 0.3 is 5.97 Å². The van der Waals surface area contributed by atoms with E-state index in [1.165, 1.54) is 61.2 Å². The van der Waals surface area contributed by atoms with Crippen LogP contribution in [-0.2, 0) is 9.53 Å². The van der Waals surface area contributed by atoms with Crippen LogP contribution in [0.5, 0.6) is 0 Å². The predicted octanol–water partition coefficient (Wildman–Crippen LogP) is 12.6. The Morgan fingerprint density at radius 3 is 2.02 bits per heavy atom. The number of thiazole rings is 1. The van der Waals surface area contributed by atoms with E-state index in [2.05, 4.69) is 64.4 Å². The third-order valence-electron chi connectivity index (χ3n) is 8.84. The zero-order valence-corrected chi connectivity index (χ0v) is 33.8. The molecule has 3 rings (SSSR count). The largest absolute Gasteiger partial charge is 0.462 e. The Balaban J connectivity index is 1.93. The maximum Gasteiger partial charge on any atom is 0.338 e. The van der Waals surface area contributed by atoms with Gasteiger partial charge in [0.05, 0.1) is 23.4 Å². The molecule has 0 radical (unpaired) electrons. The van der Waals surface area contributed by atoms with Gasteiger partial charge < -0.3 is 15.0 Å². The number of azo groups is 2. The molecular weight excluding hydrogens is 693 g/mol. The van der Waals surface area contributed by atoms with E-state index in [4.69, 9.17) is 9.72 Å². The molecular formula is C39H56N8O3S2. The number of nitrogens with zero attached hydrogens (tertiary/aromatic N) is 7. The van der Waals surface area contributed by atoms with Gasteiger partial charge in [0.2, 0.25) is 5.91 Å². The normalized spacial score (nSPS) is 12.8. The maximum atomic E-state index is 12.6. The Morgan fingerprint density at radius 2 is 1.48 bits per heavy atom. The highest BCUT2D eigenvalue weighted by molar-refractivity contribution is 7.20. The number of hydrogen-bond donors (Lipinski definition) is 1. The highest BCUT2D eigenvalue weighted by atomic mass is 32.1. The zero-order chi connectivity index (χ0) is 38.0. The average Bonchev–Trinajstić information content (AvgIpc) is 3.69. The van der Waals surface area contributed by atoms with Crippen molar-refractivity contribution in [2.45, 2.75) is 113 Å². The molecule has 0 fully saturated rings. The van der Waals surface area contributed by atoms with Crippen LogP contribution < -0.4 is 10.2 Å². The molecule has 2 aromatic heterocycles. The fraction of sp³-hybridized carbons (Fsp3) is 0.590. The number of ether oxygens (including phenoxy) is 1. The van der Waals surface area contributed by atoms with Crippen LogP contribution in [-0.4, -0.2) is 36.6 Å². The van der Waals surface area contributed by atoms with Gasteiger partial charge in [-0.05, 0) is 61.8 Å². The van der Waals surface area contributed by atoms with Crippen molar-refractivity contribution in [2.24, 2.45) is 38.2 Å². The van der Waals surface area contributed by atoms with Crippen LogP contribution in [0.1, 0.15) is 128 Å². The number of hydrogen-bond acceptors (Lipinski definition) is 12. The number of rotatable bonds is 22. The summed E-state index contributed by atoms with van der Waals surface area (Å²) in [5.74, 6) is 1.17. The summed E-state index contributed by atoms with van der Waals surface area (Å²) in [5, 5.41) is 33.0. The first kappa shape index (κ1) is 42.4. The highest BCUT2D eigenvalue weighted by Gasteiger charge is 2.24. The second-order valence-electron chi connectivity index (χ2n) is 13.6. The topological polar surface area (TPSA) is 145 Å². The van der Waals surface area contributed by atoms with E-state index < -0.39 is 0 Å². The first-order chi connectivity index (χ1) is 25.1. The molecule has 0 aliphatic heterocycles. The molecule has 0 saturated carbocycles. The number of unbranched alkanes of at least 4 members (excludes halogenated alkanes) is 2. The summed E-state index contributed by atoms with van der Waals surface area (Å²) >= 11 is 2.63. The molecule has 1 N–H and O–H groups in total. The SMILES string of the molecule is CCCCC(CC)CN(CC(CC)CCCC)c1nc(NC(=O)CC)c(N=Nc2sc(N=Nc3ccc(C(=O)OCC(C)C)cc3)c(C)c2C#N)s1. The van der Waals surface area contributed by atoms with Gasteiger partial charge in [0, 0.05) is 25.1 Å². The van der Waals surface area contributed by atoms with Gasteiger partial charge in [-0.15, -0.1) is 20.5 Å². The standard InChI is InChI=1S/C39H56N8O3S2/c1-9-14-16-28(11-3)23-47(24-29(12-4)17-15-10-2)39-42-34(41-33(48)13-5)37(52-39)46-45-36-32(22-40)27(8)35(51-36)44-43-31-20-18-30(19-21-31)38(49)50-25-26(6)7/h18-21,26,28-29H,9-17,23-25H2,1-8H3,(H,41,48). The number of aromatic nitrogens is 1. The number of anilines is 2. The molecule has 0 aliphatic rings. The van der Waals surface area contributed by atoms with Gasteiger partial charge in [0.1, 0.15) is 11.1 Å². The van der Waals surface area contributed by atoms with Gasteiger partial charge in [0.25, 0.3) is 0 Å². The molecule has 0 saturated heterocycles. The van der Waals surface area contributed by atoms with Crippen LogP contribution >= 0.6 is 22.7 Å². The second kappa shape index (κ2) is 22.1. The quantitative estimate of drug-likeness (QED) is 0.0799. The van der Waals surface area contributed by atoms with E-state index >= 15 is 0 Å². The van der Waals surface area contributed by atoms with Crippen LogP contribution in [0.4, 0.5) is 31.6 Å². The monoisotopic (exact) mass is 748 g/mol. The van der Waals surface area contributed by atoms with Gasteiger partial charge in [-0.25, -0.2) is 9.78 Å². The van der Waals surface area contributed by atoms with Crippen molar-refractivity contribution in [3.8, 4) is 6.07 Å². The minimum absolute atomic E-state index is 0.156. The van der Waals surface area contributed by atoms with E-state index in [1.807, 2.05) is 13.8 Å². The molecule has 2 heterocycles. The van der Waals surface area contributed by atoms with E-state index in [0.29, 0.717) is 68.1 Å². The molecule has 0 bridgehead atoms. The lowest BCUT2D eigenvalue weighted by molar-refractivity contribution is -0.115. The van der Waals surface area contributed by atoms with Crippen LogP contribution in [0.2, 0.25) is 0 Å². The Kier molecular flexibility index (Phi) is 18.0. The molecule has 2 unspecified atom stereocenters. The third-order valence-corrected chi connectivity index (χ3v) is 10.9. The lowest BCUT2D eigenvalue weighted by atomic mass is 9.96. The van der Waals surface area contributed by atoms with Crippen molar-refractivity contribution in [1.29, 1.82) is 5.26 Å². The Bertz CT molecular complexity index is 1660. The van der Waals surface area contributed by atoms with Crippen molar-refractivity contribution in [3.63, 3.8) is 0 Å². The van der Waals surface area contributed by atoms with Crippen LogP contribution in [0, 0.1) is 36.0 Å². The Hall–Kier alpha value is -4.02. The number of nitrogens with one attached hydrogen (secondary N) is 1. The lowest BCUT2D eigenvalue weighted by Crippen LogP contribution is -2.34. The van der Waals surface area contributed by atoms with Gasteiger partial charge in [-0.1, -0.05) is 110 Å². The number of carbonyl (C=O) groups is 2. The molecule has 52 heavy (non-hydrogen) atoms. The van der Waals surface area contributed by atoms with Crippen LogP contribution in [0.15, 0.2) is 44.7 Å². The molecule has 1 amide bonds. The number of esters is 1. The summed E-state index contributed by atoms with van der Waals surface area (Å²) in [6, 6.07) is 8.93. The fourth-order valence-electron chi connectivity index (χ4n) is 5.46. The molecule has 3 aromatic rings. The van der Waals surface area contributed by atoms with E-state index in [-0.39, 0.29) is 17.8 Å². The van der Waals surface area contributed by atoms with Gasteiger partial charge in [0.15, 0.2) is 21.0 Å². The summed E-state index contributed by atoms with van der Waals surface area (Å²) in [6.45, 7) is 18.7. The lowest BCUT2D eigenvalue weighted by Gasteiger charge is -2.30. The summed E-state index contributed by atoms with van der Waals surface area (Å²) in [5.41, 5.74) is 1.99. The molecule has 11 nitrogen and oxygen atoms in total. The smallest absolute Gasteiger partial charge is 0.338 e. The summed E-state index contributed by atoms with van der Waals surface area (Å²) < 4.78 is 5.30. The zero-order valence-electron chi connectivity index (χ0n) is 32.2.